The zero-order valence-corrected chi connectivity index (χ0v) is 6.94. The van der Waals surface area contributed by atoms with Crippen molar-refractivity contribution in [2.45, 2.75) is 12.5 Å². The fraction of sp³-hybridized carbons (Fsp3) is 0.250. The molecule has 66 valence electrons. The lowest BCUT2D eigenvalue weighted by Gasteiger charge is -2.00. The van der Waals surface area contributed by atoms with Gasteiger partial charge in [-0.05, 0) is 6.07 Å². The molecule has 2 rings (SSSR count). The Morgan fingerprint density at radius 1 is 1.17 bits per heavy atom. The number of para-hydroxylation sites is 1. The van der Waals surface area contributed by atoms with Crippen LogP contribution in [0.25, 0.3) is 0 Å². The summed E-state index contributed by atoms with van der Waals surface area (Å²) in [6.45, 7) is 0. The van der Waals surface area contributed by atoms with Crippen LogP contribution >= 0.6 is 12.4 Å². The Bertz CT molecular complexity index is 280. The molecule has 1 nitrogen and oxygen atoms in total. The van der Waals surface area contributed by atoms with Crippen LogP contribution in [0.2, 0.25) is 0 Å². The predicted octanol–water partition coefficient (Wildman–Crippen LogP) is 2.84. The Morgan fingerprint density at radius 2 is 1.83 bits per heavy atom. The topological polar surface area (TPSA) is 12.0 Å². The van der Waals surface area contributed by atoms with Gasteiger partial charge >= 0.3 is 0 Å². The predicted molar refractivity (Wildman–Crippen MR) is 46.1 cm³/mol. The lowest BCUT2D eigenvalue weighted by molar-refractivity contribution is 0.206. The minimum Gasteiger partial charge on any atom is -0.353 e. The van der Waals surface area contributed by atoms with E-state index in [0.717, 1.165) is 0 Å². The maximum absolute atomic E-state index is 12.9. The molecule has 0 fully saturated rings. The Hall–Kier alpha value is -0.830. The van der Waals surface area contributed by atoms with Crippen LogP contribution in [-0.2, 0) is 0 Å². The third-order valence-electron chi connectivity index (χ3n) is 1.81. The molecule has 0 aromatic heterocycles. The second kappa shape index (κ2) is 3.27. The van der Waals surface area contributed by atoms with Gasteiger partial charge in [0.15, 0.2) is 6.17 Å². The number of hydrogen-bond donors (Lipinski definition) is 1. The van der Waals surface area contributed by atoms with Crippen molar-refractivity contribution in [3.05, 3.63) is 29.8 Å². The number of anilines is 1. The van der Waals surface area contributed by atoms with Gasteiger partial charge in [0.1, 0.15) is 0 Å². The maximum atomic E-state index is 12.9. The minimum absolute atomic E-state index is 0. The molecule has 1 aromatic rings. The summed E-state index contributed by atoms with van der Waals surface area (Å²) in [5.41, 5.74) is 0.979. The van der Waals surface area contributed by atoms with Crippen LogP contribution in [0.15, 0.2) is 24.3 Å². The van der Waals surface area contributed by atoms with E-state index in [1.54, 1.807) is 24.3 Å². The van der Waals surface area contributed by atoms with Crippen molar-refractivity contribution in [2.75, 3.05) is 5.32 Å². The standard InChI is InChI=1S/C8H7F2N.ClH/c9-7-5-3-1-2-4-6(5)11-8(7)10;/h1-4,7-8,11H;1H. The molecule has 4 heteroatoms. The minimum atomic E-state index is -1.58. The van der Waals surface area contributed by atoms with Gasteiger partial charge in [0, 0.05) is 11.3 Å². The van der Waals surface area contributed by atoms with Crippen molar-refractivity contribution >= 4 is 18.1 Å². The number of halogens is 3. The number of fused-ring (bicyclic) bond motifs is 1. The van der Waals surface area contributed by atoms with Crippen molar-refractivity contribution in [3.63, 3.8) is 0 Å². The van der Waals surface area contributed by atoms with Gasteiger partial charge in [-0.3, -0.25) is 0 Å². The molecule has 0 saturated heterocycles. The first-order valence-electron chi connectivity index (χ1n) is 3.42. The van der Waals surface area contributed by atoms with Crippen LogP contribution in [0.4, 0.5) is 14.5 Å². The number of alkyl halides is 2. The molecule has 1 aliphatic heterocycles. The lowest BCUT2D eigenvalue weighted by atomic mass is 10.1. The van der Waals surface area contributed by atoms with Crippen molar-refractivity contribution in [2.24, 2.45) is 0 Å². The molecule has 1 aromatic carbocycles. The average molecular weight is 192 g/mol. The average Bonchev–Trinajstić information content (AvgIpc) is 2.30. The summed E-state index contributed by atoms with van der Waals surface area (Å²) in [7, 11) is 0. The third kappa shape index (κ3) is 1.25. The Morgan fingerprint density at radius 3 is 2.50 bits per heavy atom. The fourth-order valence-electron chi connectivity index (χ4n) is 1.25. The molecule has 0 radical (unpaired) electrons. The zero-order chi connectivity index (χ0) is 7.84. The lowest BCUT2D eigenvalue weighted by Crippen LogP contribution is -2.09. The molecule has 1 N–H and O–H groups in total. The summed E-state index contributed by atoms with van der Waals surface area (Å²) in [6.07, 6.45) is -3.08. The number of hydrogen-bond acceptors (Lipinski definition) is 1. The Balaban J connectivity index is 0.000000720. The SMILES string of the molecule is Cl.FC1Nc2ccccc2C1F. The summed E-state index contributed by atoms with van der Waals surface area (Å²) in [4.78, 5) is 0. The Labute approximate surface area is 75.2 Å². The van der Waals surface area contributed by atoms with Crippen LogP contribution in [-0.4, -0.2) is 6.30 Å². The van der Waals surface area contributed by atoms with Crippen LogP contribution in [0.5, 0.6) is 0 Å². The van der Waals surface area contributed by atoms with Gasteiger partial charge in [-0.15, -0.1) is 12.4 Å². The highest BCUT2D eigenvalue weighted by molar-refractivity contribution is 5.85. The van der Waals surface area contributed by atoms with Gasteiger partial charge in [0.25, 0.3) is 0 Å². The highest BCUT2D eigenvalue weighted by Crippen LogP contribution is 2.36. The van der Waals surface area contributed by atoms with Gasteiger partial charge in [-0.2, -0.15) is 0 Å². The van der Waals surface area contributed by atoms with Crippen molar-refractivity contribution < 1.29 is 8.78 Å². The van der Waals surface area contributed by atoms with Crippen LogP contribution in [0, 0.1) is 0 Å². The largest absolute Gasteiger partial charge is 0.353 e. The number of nitrogens with one attached hydrogen (secondary N) is 1. The van der Waals surface area contributed by atoms with Crippen LogP contribution in [0.1, 0.15) is 11.7 Å². The molecule has 0 amide bonds. The van der Waals surface area contributed by atoms with Crippen LogP contribution < -0.4 is 5.32 Å². The molecular formula is C8H8ClF2N. The summed E-state index contributed by atoms with van der Waals surface area (Å²) in [5.74, 6) is 0. The molecule has 0 bridgehead atoms. The summed E-state index contributed by atoms with van der Waals surface area (Å²) in [6, 6.07) is 6.70. The van der Waals surface area contributed by atoms with E-state index < -0.39 is 12.5 Å². The first kappa shape index (κ1) is 9.26. The van der Waals surface area contributed by atoms with E-state index in [2.05, 4.69) is 5.32 Å². The van der Waals surface area contributed by atoms with Gasteiger partial charge in [0.2, 0.25) is 6.30 Å². The molecule has 0 spiro atoms. The van der Waals surface area contributed by atoms with E-state index in [4.69, 9.17) is 0 Å². The van der Waals surface area contributed by atoms with E-state index >= 15 is 0 Å². The summed E-state index contributed by atoms with van der Waals surface area (Å²) in [5, 5.41) is 2.41. The zero-order valence-electron chi connectivity index (χ0n) is 6.13. The second-order valence-corrected chi connectivity index (χ2v) is 2.54. The third-order valence-corrected chi connectivity index (χ3v) is 1.81. The first-order valence-corrected chi connectivity index (χ1v) is 3.42. The quantitative estimate of drug-likeness (QED) is 0.622. The normalized spacial score (nSPS) is 25.5. The van der Waals surface area contributed by atoms with E-state index in [9.17, 15) is 8.78 Å². The molecule has 2 atom stereocenters. The smallest absolute Gasteiger partial charge is 0.205 e. The van der Waals surface area contributed by atoms with E-state index in [1.165, 1.54) is 0 Å². The maximum Gasteiger partial charge on any atom is 0.205 e. The molecule has 12 heavy (non-hydrogen) atoms. The van der Waals surface area contributed by atoms with Gasteiger partial charge < -0.3 is 5.32 Å². The first-order chi connectivity index (χ1) is 5.29. The van der Waals surface area contributed by atoms with E-state index in [0.29, 0.717) is 11.3 Å². The van der Waals surface area contributed by atoms with Crippen molar-refractivity contribution in [1.29, 1.82) is 0 Å². The Kier molecular flexibility index (Phi) is 2.52. The molecule has 2 unspecified atom stereocenters. The van der Waals surface area contributed by atoms with Crippen molar-refractivity contribution in [1.82, 2.24) is 0 Å². The van der Waals surface area contributed by atoms with Crippen molar-refractivity contribution in [3.8, 4) is 0 Å². The van der Waals surface area contributed by atoms with Gasteiger partial charge in [-0.1, -0.05) is 18.2 Å². The summed E-state index contributed by atoms with van der Waals surface area (Å²) >= 11 is 0. The highest BCUT2D eigenvalue weighted by Gasteiger charge is 2.31. The fourth-order valence-corrected chi connectivity index (χ4v) is 1.25. The molecular weight excluding hydrogens is 184 g/mol. The highest BCUT2D eigenvalue weighted by atomic mass is 35.5. The van der Waals surface area contributed by atoms with E-state index in [-0.39, 0.29) is 12.4 Å². The monoisotopic (exact) mass is 191 g/mol. The number of benzene rings is 1. The second-order valence-electron chi connectivity index (χ2n) is 2.54. The molecule has 0 aliphatic carbocycles. The van der Waals surface area contributed by atoms with Gasteiger partial charge in [0.05, 0.1) is 0 Å². The molecule has 1 heterocycles. The summed E-state index contributed by atoms with van der Waals surface area (Å²) < 4.78 is 25.5. The van der Waals surface area contributed by atoms with Crippen LogP contribution in [0.3, 0.4) is 0 Å². The molecule has 1 aliphatic rings. The van der Waals surface area contributed by atoms with E-state index in [1.807, 2.05) is 0 Å². The number of rotatable bonds is 0. The van der Waals surface area contributed by atoms with Gasteiger partial charge in [-0.25, -0.2) is 8.78 Å². The molecule has 0 saturated carbocycles.